The first-order valence-electron chi connectivity index (χ1n) is 8.36. The monoisotopic (exact) mass is 382 g/mol. The summed E-state index contributed by atoms with van der Waals surface area (Å²) in [5, 5.41) is 4.60. The van der Waals surface area contributed by atoms with Gasteiger partial charge in [-0.15, -0.1) is 0 Å². The number of carbonyl (C=O) groups excluding carboxylic acids is 1. The van der Waals surface area contributed by atoms with E-state index in [1.807, 2.05) is 55.5 Å². The molecule has 0 aliphatic heterocycles. The first-order valence-corrected chi connectivity index (χ1v) is 8.74. The van der Waals surface area contributed by atoms with Gasteiger partial charge in [-0.05, 0) is 54.4 Å². The molecule has 27 heavy (non-hydrogen) atoms. The lowest BCUT2D eigenvalue weighted by Gasteiger charge is -2.03. The molecular formula is C21H19ClN2O3. The van der Waals surface area contributed by atoms with E-state index in [2.05, 4.69) is 10.5 Å². The van der Waals surface area contributed by atoms with Gasteiger partial charge >= 0.3 is 0 Å². The van der Waals surface area contributed by atoms with Crippen molar-refractivity contribution in [2.24, 2.45) is 5.10 Å². The number of nitrogens with one attached hydrogen (secondary N) is 1. The zero-order valence-electron chi connectivity index (χ0n) is 15.0. The second-order valence-electron chi connectivity index (χ2n) is 5.98. The fourth-order valence-corrected chi connectivity index (χ4v) is 2.73. The Hall–Kier alpha value is -3.05. The fraction of sp³-hybridized carbons (Fsp3) is 0.143. The lowest BCUT2D eigenvalue weighted by molar-refractivity contribution is -0.120. The van der Waals surface area contributed by atoms with Gasteiger partial charge in [0.05, 0.1) is 19.7 Å². The topological polar surface area (TPSA) is 63.8 Å². The number of methoxy groups -OCH3 is 1. The van der Waals surface area contributed by atoms with Gasteiger partial charge in [0, 0.05) is 10.6 Å². The Balaban J connectivity index is 1.59. The minimum atomic E-state index is -0.214. The largest absolute Gasteiger partial charge is 0.497 e. The van der Waals surface area contributed by atoms with Crippen molar-refractivity contribution < 1.29 is 13.9 Å². The molecule has 0 radical (unpaired) electrons. The van der Waals surface area contributed by atoms with Crippen LogP contribution in [0.1, 0.15) is 16.9 Å². The molecular weight excluding hydrogens is 364 g/mol. The molecule has 5 nitrogen and oxygen atoms in total. The Morgan fingerprint density at radius 1 is 1.19 bits per heavy atom. The van der Waals surface area contributed by atoms with Gasteiger partial charge in [0.1, 0.15) is 17.3 Å². The van der Waals surface area contributed by atoms with Crippen LogP contribution in [0, 0.1) is 6.92 Å². The normalized spacial score (nSPS) is 10.9. The molecule has 138 valence electrons. The van der Waals surface area contributed by atoms with Crippen LogP contribution in [0.5, 0.6) is 5.75 Å². The highest BCUT2D eigenvalue weighted by molar-refractivity contribution is 6.30. The van der Waals surface area contributed by atoms with E-state index in [-0.39, 0.29) is 12.3 Å². The maximum absolute atomic E-state index is 12.0. The quantitative estimate of drug-likeness (QED) is 0.500. The molecule has 0 unspecified atom stereocenters. The number of amides is 1. The molecule has 6 heteroatoms. The molecule has 0 atom stereocenters. The van der Waals surface area contributed by atoms with E-state index in [1.165, 1.54) is 6.21 Å². The van der Waals surface area contributed by atoms with E-state index >= 15 is 0 Å². The van der Waals surface area contributed by atoms with Gasteiger partial charge in [0.15, 0.2) is 0 Å². The lowest BCUT2D eigenvalue weighted by Crippen LogP contribution is -2.19. The Bertz CT molecular complexity index is 962. The predicted molar refractivity (Wildman–Crippen MR) is 106 cm³/mol. The third kappa shape index (κ3) is 4.99. The maximum atomic E-state index is 12.0. The highest BCUT2D eigenvalue weighted by Crippen LogP contribution is 2.27. The van der Waals surface area contributed by atoms with Gasteiger partial charge in [-0.25, -0.2) is 5.43 Å². The predicted octanol–water partition coefficient (Wildman–Crippen LogP) is 4.61. The van der Waals surface area contributed by atoms with E-state index in [0.29, 0.717) is 16.5 Å². The average molecular weight is 383 g/mol. The number of halogens is 1. The van der Waals surface area contributed by atoms with Crippen LogP contribution >= 0.6 is 11.6 Å². The Morgan fingerprint density at radius 2 is 1.96 bits per heavy atom. The molecule has 0 fully saturated rings. The van der Waals surface area contributed by atoms with Crippen molar-refractivity contribution in [2.45, 2.75) is 13.3 Å². The molecule has 3 aromatic rings. The highest BCUT2D eigenvalue weighted by Gasteiger charge is 2.08. The third-order valence-electron chi connectivity index (χ3n) is 4.00. The lowest BCUT2D eigenvalue weighted by atomic mass is 10.1. The van der Waals surface area contributed by atoms with E-state index in [4.69, 9.17) is 20.8 Å². The van der Waals surface area contributed by atoms with Crippen molar-refractivity contribution in [1.82, 2.24) is 5.43 Å². The molecule has 2 aromatic carbocycles. The minimum Gasteiger partial charge on any atom is -0.497 e. The van der Waals surface area contributed by atoms with E-state index < -0.39 is 0 Å². The molecule has 1 heterocycles. The molecule has 1 N–H and O–H groups in total. The van der Waals surface area contributed by atoms with Gasteiger partial charge in [-0.1, -0.05) is 29.8 Å². The van der Waals surface area contributed by atoms with Crippen LogP contribution in [0.15, 0.2) is 64.1 Å². The SMILES string of the molecule is COc1ccc(CC(=O)N/N=C/c2ccc(-c3cc(Cl)ccc3C)o2)cc1. The fourth-order valence-electron chi connectivity index (χ4n) is 2.56. The standard InChI is InChI=1S/C21H19ClN2O3/c1-14-3-6-16(22)12-19(14)20-10-9-18(27-20)13-23-24-21(25)11-15-4-7-17(26-2)8-5-15/h3-10,12-13H,11H2,1-2H3,(H,24,25)/b23-13+. The summed E-state index contributed by atoms with van der Waals surface area (Å²) in [7, 11) is 1.60. The summed E-state index contributed by atoms with van der Waals surface area (Å²) in [5.74, 6) is 1.77. The summed E-state index contributed by atoms with van der Waals surface area (Å²) in [6.45, 7) is 1.99. The minimum absolute atomic E-state index is 0.214. The second kappa shape index (κ2) is 8.56. The van der Waals surface area contributed by atoms with E-state index in [1.54, 1.807) is 13.2 Å². The number of carbonyl (C=O) groups is 1. The Kier molecular flexibility index (Phi) is 5.94. The molecule has 0 aliphatic rings. The van der Waals surface area contributed by atoms with Crippen molar-refractivity contribution in [3.05, 3.63) is 76.5 Å². The van der Waals surface area contributed by atoms with Gasteiger partial charge in [-0.3, -0.25) is 4.79 Å². The van der Waals surface area contributed by atoms with Crippen LogP contribution in [0.2, 0.25) is 5.02 Å². The molecule has 0 spiro atoms. The van der Waals surface area contributed by atoms with Crippen LogP contribution in [0.25, 0.3) is 11.3 Å². The van der Waals surface area contributed by atoms with Crippen LogP contribution in [-0.2, 0) is 11.2 Å². The summed E-state index contributed by atoms with van der Waals surface area (Å²) in [4.78, 5) is 12.0. The van der Waals surface area contributed by atoms with Crippen LogP contribution in [-0.4, -0.2) is 19.2 Å². The molecule has 0 saturated carbocycles. The van der Waals surface area contributed by atoms with Crippen LogP contribution < -0.4 is 10.2 Å². The van der Waals surface area contributed by atoms with Crippen molar-refractivity contribution >= 4 is 23.7 Å². The first kappa shape index (κ1) is 18.7. The molecule has 0 saturated heterocycles. The molecule has 0 bridgehead atoms. The van der Waals surface area contributed by atoms with Gasteiger partial charge in [-0.2, -0.15) is 5.10 Å². The van der Waals surface area contributed by atoms with Crippen molar-refractivity contribution in [2.75, 3.05) is 7.11 Å². The van der Waals surface area contributed by atoms with Crippen LogP contribution in [0.4, 0.5) is 0 Å². The Morgan fingerprint density at radius 3 is 2.70 bits per heavy atom. The van der Waals surface area contributed by atoms with Gasteiger partial charge < -0.3 is 9.15 Å². The average Bonchev–Trinajstić information content (AvgIpc) is 3.13. The maximum Gasteiger partial charge on any atom is 0.244 e. The highest BCUT2D eigenvalue weighted by atomic mass is 35.5. The number of hydrogen-bond donors (Lipinski definition) is 1. The summed E-state index contributed by atoms with van der Waals surface area (Å²) in [5.41, 5.74) is 5.35. The molecule has 3 rings (SSSR count). The van der Waals surface area contributed by atoms with E-state index in [9.17, 15) is 4.79 Å². The smallest absolute Gasteiger partial charge is 0.244 e. The summed E-state index contributed by atoms with van der Waals surface area (Å²) in [6.07, 6.45) is 1.70. The molecule has 1 amide bonds. The number of hydrazone groups is 1. The van der Waals surface area contributed by atoms with Crippen molar-refractivity contribution in [3.8, 4) is 17.1 Å². The second-order valence-corrected chi connectivity index (χ2v) is 6.42. The molecule has 0 aliphatic carbocycles. The number of hydrogen-bond acceptors (Lipinski definition) is 4. The number of rotatable bonds is 6. The Labute approximate surface area is 162 Å². The first-order chi connectivity index (χ1) is 13.0. The zero-order chi connectivity index (χ0) is 19.2. The third-order valence-corrected chi connectivity index (χ3v) is 4.23. The number of ether oxygens (including phenoxy) is 1. The molecule has 1 aromatic heterocycles. The number of nitrogens with zero attached hydrogens (tertiary/aromatic N) is 1. The number of benzene rings is 2. The zero-order valence-corrected chi connectivity index (χ0v) is 15.8. The number of furan rings is 1. The van der Waals surface area contributed by atoms with Gasteiger partial charge in [0.2, 0.25) is 5.91 Å². The summed E-state index contributed by atoms with van der Waals surface area (Å²) in [6, 6.07) is 16.6. The van der Waals surface area contributed by atoms with E-state index in [0.717, 1.165) is 22.4 Å². The van der Waals surface area contributed by atoms with Gasteiger partial charge in [0.25, 0.3) is 0 Å². The number of aryl methyl sites for hydroxylation is 1. The summed E-state index contributed by atoms with van der Waals surface area (Å²) < 4.78 is 10.9. The van der Waals surface area contributed by atoms with Crippen molar-refractivity contribution in [1.29, 1.82) is 0 Å². The van der Waals surface area contributed by atoms with Crippen LogP contribution in [0.3, 0.4) is 0 Å². The van der Waals surface area contributed by atoms with Crippen molar-refractivity contribution in [3.63, 3.8) is 0 Å². The summed E-state index contributed by atoms with van der Waals surface area (Å²) >= 11 is 6.05.